The fourth-order valence-electron chi connectivity index (χ4n) is 2.87. The number of para-hydroxylation sites is 1. The van der Waals surface area contributed by atoms with E-state index in [2.05, 4.69) is 10.0 Å². The normalized spacial score (nSPS) is 12.1. The number of rotatable bonds is 8. The molecule has 0 saturated heterocycles. The van der Waals surface area contributed by atoms with Gasteiger partial charge in [-0.3, -0.25) is 9.52 Å². The molecule has 0 aromatic heterocycles. The molecule has 0 spiro atoms. The van der Waals surface area contributed by atoms with E-state index >= 15 is 0 Å². The van der Waals surface area contributed by atoms with Crippen molar-refractivity contribution in [3.63, 3.8) is 0 Å². The van der Waals surface area contributed by atoms with Crippen LogP contribution in [-0.4, -0.2) is 20.9 Å². The highest BCUT2D eigenvalue weighted by molar-refractivity contribution is 7.92. The van der Waals surface area contributed by atoms with E-state index in [9.17, 15) is 13.2 Å². The van der Waals surface area contributed by atoms with Gasteiger partial charge in [0, 0.05) is 5.02 Å². The van der Waals surface area contributed by atoms with Gasteiger partial charge in [-0.25, -0.2) is 8.42 Å². The van der Waals surface area contributed by atoms with Crippen molar-refractivity contribution < 1.29 is 17.9 Å². The van der Waals surface area contributed by atoms with Crippen LogP contribution in [0.2, 0.25) is 5.02 Å². The van der Waals surface area contributed by atoms with E-state index in [-0.39, 0.29) is 23.5 Å². The van der Waals surface area contributed by atoms with E-state index in [0.29, 0.717) is 16.5 Å². The quantitative estimate of drug-likeness (QED) is 0.512. The fraction of sp³-hybridized carbons (Fsp3) is 0.174. The van der Waals surface area contributed by atoms with Crippen molar-refractivity contribution in [1.82, 2.24) is 5.32 Å². The lowest BCUT2D eigenvalue weighted by molar-refractivity contribution is -0.123. The van der Waals surface area contributed by atoms with E-state index in [1.54, 1.807) is 24.3 Å². The van der Waals surface area contributed by atoms with Crippen LogP contribution in [0.25, 0.3) is 0 Å². The lowest BCUT2D eigenvalue weighted by Crippen LogP contribution is -2.31. The maximum atomic E-state index is 12.6. The standard InChI is InChI=1S/C23H23ClN2O4S/c1-16-5-3-4-6-22(16)26-31(28,29)21-13-11-20(12-14-21)30-15-23(27)25-17(2)18-7-9-19(24)10-8-18/h3-14,17,26H,15H2,1-2H3,(H,25,27). The monoisotopic (exact) mass is 458 g/mol. The van der Waals surface area contributed by atoms with Crippen molar-refractivity contribution in [3.8, 4) is 5.75 Å². The van der Waals surface area contributed by atoms with Crippen LogP contribution >= 0.6 is 11.6 Å². The van der Waals surface area contributed by atoms with Crippen LogP contribution in [0.3, 0.4) is 0 Å². The number of carbonyl (C=O) groups excluding carboxylic acids is 1. The predicted octanol–water partition coefficient (Wildman–Crippen LogP) is 4.71. The van der Waals surface area contributed by atoms with Gasteiger partial charge in [-0.05, 0) is 67.4 Å². The van der Waals surface area contributed by atoms with Gasteiger partial charge in [0.25, 0.3) is 15.9 Å². The van der Waals surface area contributed by atoms with Gasteiger partial charge in [0.15, 0.2) is 6.61 Å². The first kappa shape index (κ1) is 22.7. The van der Waals surface area contributed by atoms with Crippen molar-refractivity contribution in [1.29, 1.82) is 0 Å². The highest BCUT2D eigenvalue weighted by atomic mass is 35.5. The molecule has 0 aliphatic rings. The molecule has 0 heterocycles. The summed E-state index contributed by atoms with van der Waals surface area (Å²) in [6.07, 6.45) is 0. The highest BCUT2D eigenvalue weighted by Crippen LogP contribution is 2.21. The third kappa shape index (κ3) is 6.23. The third-order valence-electron chi connectivity index (χ3n) is 4.64. The number of hydrogen-bond acceptors (Lipinski definition) is 4. The average Bonchev–Trinajstić information content (AvgIpc) is 2.74. The molecule has 0 fully saturated rings. The minimum absolute atomic E-state index is 0.101. The molecular weight excluding hydrogens is 436 g/mol. The summed E-state index contributed by atoms with van der Waals surface area (Å²) in [7, 11) is -3.73. The van der Waals surface area contributed by atoms with Gasteiger partial charge in [-0.15, -0.1) is 0 Å². The van der Waals surface area contributed by atoms with Gasteiger partial charge in [-0.2, -0.15) is 0 Å². The van der Waals surface area contributed by atoms with Gasteiger partial charge in [0.2, 0.25) is 0 Å². The molecule has 0 aliphatic heterocycles. The van der Waals surface area contributed by atoms with Gasteiger partial charge in [-0.1, -0.05) is 41.9 Å². The first-order valence-corrected chi connectivity index (χ1v) is 11.5. The van der Waals surface area contributed by atoms with Crippen LogP contribution in [0.4, 0.5) is 5.69 Å². The Hall–Kier alpha value is -3.03. The van der Waals surface area contributed by atoms with Gasteiger partial charge in [0.05, 0.1) is 16.6 Å². The Labute approximate surface area is 187 Å². The predicted molar refractivity (Wildman–Crippen MR) is 122 cm³/mol. The molecule has 0 radical (unpaired) electrons. The molecule has 162 valence electrons. The molecule has 3 aromatic carbocycles. The van der Waals surface area contributed by atoms with Crippen molar-refractivity contribution in [2.45, 2.75) is 24.8 Å². The Morgan fingerprint density at radius 1 is 1.00 bits per heavy atom. The molecule has 3 rings (SSSR count). The molecule has 1 atom stereocenters. The molecule has 31 heavy (non-hydrogen) atoms. The second kappa shape index (κ2) is 9.85. The number of anilines is 1. The number of nitrogens with one attached hydrogen (secondary N) is 2. The molecule has 0 bridgehead atoms. The minimum atomic E-state index is -3.73. The van der Waals surface area contributed by atoms with Crippen LogP contribution in [0.1, 0.15) is 24.1 Å². The maximum Gasteiger partial charge on any atom is 0.261 e. The van der Waals surface area contributed by atoms with E-state index in [1.807, 2.05) is 38.1 Å². The molecular formula is C23H23ClN2O4S. The van der Waals surface area contributed by atoms with E-state index in [4.69, 9.17) is 16.3 Å². The number of carbonyl (C=O) groups is 1. The zero-order valence-electron chi connectivity index (χ0n) is 17.1. The van der Waals surface area contributed by atoms with E-state index in [0.717, 1.165) is 11.1 Å². The molecule has 0 aliphatic carbocycles. The molecule has 1 amide bonds. The summed E-state index contributed by atoms with van der Waals surface area (Å²) in [5.74, 6) is 0.101. The number of benzene rings is 3. The highest BCUT2D eigenvalue weighted by Gasteiger charge is 2.15. The van der Waals surface area contributed by atoms with Crippen molar-refractivity contribution in [3.05, 3.63) is 88.9 Å². The van der Waals surface area contributed by atoms with Gasteiger partial charge >= 0.3 is 0 Å². The Morgan fingerprint density at radius 3 is 2.29 bits per heavy atom. The lowest BCUT2D eigenvalue weighted by atomic mass is 10.1. The zero-order chi connectivity index (χ0) is 22.4. The minimum Gasteiger partial charge on any atom is -0.484 e. The average molecular weight is 459 g/mol. The first-order valence-electron chi connectivity index (χ1n) is 9.61. The number of amides is 1. The second-order valence-electron chi connectivity index (χ2n) is 7.02. The Kier molecular flexibility index (Phi) is 7.20. The van der Waals surface area contributed by atoms with Crippen LogP contribution in [0.5, 0.6) is 5.75 Å². The van der Waals surface area contributed by atoms with Crippen LogP contribution in [0, 0.1) is 6.92 Å². The number of ether oxygens (including phenoxy) is 1. The van der Waals surface area contributed by atoms with Crippen molar-refractivity contribution >= 4 is 33.2 Å². The van der Waals surface area contributed by atoms with Crippen molar-refractivity contribution in [2.75, 3.05) is 11.3 Å². The SMILES string of the molecule is Cc1ccccc1NS(=O)(=O)c1ccc(OCC(=O)NC(C)c2ccc(Cl)cc2)cc1. The summed E-state index contributed by atoms with van der Waals surface area (Å²) in [4.78, 5) is 12.3. The number of sulfonamides is 1. The van der Waals surface area contributed by atoms with Crippen LogP contribution in [-0.2, 0) is 14.8 Å². The largest absolute Gasteiger partial charge is 0.484 e. The van der Waals surface area contributed by atoms with Crippen LogP contribution < -0.4 is 14.8 Å². The maximum absolute atomic E-state index is 12.6. The zero-order valence-corrected chi connectivity index (χ0v) is 18.7. The first-order chi connectivity index (χ1) is 14.7. The summed E-state index contributed by atoms with van der Waals surface area (Å²) in [6.45, 7) is 3.50. The smallest absolute Gasteiger partial charge is 0.261 e. The van der Waals surface area contributed by atoms with Gasteiger partial charge < -0.3 is 10.1 Å². The molecule has 6 nitrogen and oxygen atoms in total. The van der Waals surface area contributed by atoms with E-state index in [1.165, 1.54) is 24.3 Å². The summed E-state index contributed by atoms with van der Waals surface area (Å²) in [5.41, 5.74) is 2.27. The van der Waals surface area contributed by atoms with Crippen molar-refractivity contribution in [2.24, 2.45) is 0 Å². The van der Waals surface area contributed by atoms with Gasteiger partial charge in [0.1, 0.15) is 5.75 Å². The summed E-state index contributed by atoms with van der Waals surface area (Å²) in [5, 5.41) is 3.47. The number of hydrogen-bond donors (Lipinski definition) is 2. The number of halogens is 1. The molecule has 2 N–H and O–H groups in total. The van der Waals surface area contributed by atoms with E-state index < -0.39 is 10.0 Å². The molecule has 1 unspecified atom stereocenters. The molecule has 0 saturated carbocycles. The third-order valence-corrected chi connectivity index (χ3v) is 6.27. The second-order valence-corrected chi connectivity index (χ2v) is 9.14. The fourth-order valence-corrected chi connectivity index (χ4v) is 4.13. The Bertz CT molecular complexity index is 1150. The summed E-state index contributed by atoms with van der Waals surface area (Å²) < 4.78 is 33.2. The summed E-state index contributed by atoms with van der Waals surface area (Å²) in [6, 6.07) is 20.1. The van der Waals surface area contributed by atoms with Crippen LogP contribution in [0.15, 0.2) is 77.7 Å². The number of aryl methyl sites for hydroxylation is 1. The Morgan fingerprint density at radius 2 is 1.65 bits per heavy atom. The summed E-state index contributed by atoms with van der Waals surface area (Å²) >= 11 is 5.88. The Balaban J connectivity index is 1.56. The molecule has 8 heteroatoms. The topological polar surface area (TPSA) is 84.5 Å². The lowest BCUT2D eigenvalue weighted by Gasteiger charge is -2.15. The molecule has 3 aromatic rings.